The lowest BCUT2D eigenvalue weighted by Gasteiger charge is -2.03. The number of ether oxygens (including phenoxy) is 1. The maximum atomic E-state index is 10.6. The summed E-state index contributed by atoms with van der Waals surface area (Å²) in [5.41, 5.74) is 1.22. The standard InChI is InChI=1S/C10H10O4/c11-5-8-3-1-2-4-9(8)6-14-7-10(12)13/h1-5H,6-7H2,(H,12,13). The van der Waals surface area contributed by atoms with Gasteiger partial charge in [-0.25, -0.2) is 4.79 Å². The molecule has 0 atom stereocenters. The van der Waals surface area contributed by atoms with E-state index in [1.807, 2.05) is 0 Å². The number of carbonyl (C=O) groups excluding carboxylic acids is 1. The topological polar surface area (TPSA) is 63.6 Å². The van der Waals surface area contributed by atoms with Gasteiger partial charge < -0.3 is 9.84 Å². The number of carbonyl (C=O) groups is 2. The Morgan fingerprint density at radius 3 is 2.79 bits per heavy atom. The van der Waals surface area contributed by atoms with Crippen molar-refractivity contribution in [1.82, 2.24) is 0 Å². The van der Waals surface area contributed by atoms with Crippen LogP contribution in [0.25, 0.3) is 0 Å². The normalized spacial score (nSPS) is 9.71. The second kappa shape index (κ2) is 5.14. The predicted octanol–water partition coefficient (Wildman–Crippen LogP) is 1.10. The monoisotopic (exact) mass is 194 g/mol. The maximum absolute atomic E-state index is 10.6. The molecule has 0 aliphatic heterocycles. The zero-order valence-electron chi connectivity index (χ0n) is 7.47. The van der Waals surface area contributed by atoms with Gasteiger partial charge in [-0.1, -0.05) is 24.3 Å². The van der Waals surface area contributed by atoms with E-state index in [-0.39, 0.29) is 13.2 Å². The zero-order valence-corrected chi connectivity index (χ0v) is 7.47. The van der Waals surface area contributed by atoms with Crippen LogP contribution in [0.15, 0.2) is 24.3 Å². The van der Waals surface area contributed by atoms with Crippen molar-refractivity contribution in [2.75, 3.05) is 6.61 Å². The van der Waals surface area contributed by atoms with Gasteiger partial charge in [-0.15, -0.1) is 0 Å². The van der Waals surface area contributed by atoms with E-state index in [4.69, 9.17) is 9.84 Å². The number of carboxylic acids is 1. The molecule has 74 valence electrons. The molecule has 1 aromatic rings. The molecule has 0 bridgehead atoms. The second-order valence-corrected chi connectivity index (χ2v) is 2.70. The van der Waals surface area contributed by atoms with Crippen LogP contribution in [0.5, 0.6) is 0 Å². The van der Waals surface area contributed by atoms with Crippen LogP contribution in [-0.2, 0) is 16.1 Å². The minimum Gasteiger partial charge on any atom is -0.480 e. The molecule has 0 fully saturated rings. The van der Waals surface area contributed by atoms with Gasteiger partial charge in [-0.2, -0.15) is 0 Å². The first-order chi connectivity index (χ1) is 6.74. The van der Waals surface area contributed by atoms with E-state index in [0.717, 1.165) is 6.29 Å². The zero-order chi connectivity index (χ0) is 10.4. The summed E-state index contributed by atoms with van der Waals surface area (Å²) >= 11 is 0. The van der Waals surface area contributed by atoms with Gasteiger partial charge in [0.2, 0.25) is 0 Å². The molecule has 1 aromatic carbocycles. The first kappa shape index (κ1) is 10.4. The fourth-order valence-corrected chi connectivity index (χ4v) is 1.03. The van der Waals surface area contributed by atoms with E-state index in [1.54, 1.807) is 24.3 Å². The molecule has 0 spiro atoms. The smallest absolute Gasteiger partial charge is 0.329 e. The van der Waals surface area contributed by atoms with Crippen molar-refractivity contribution in [2.24, 2.45) is 0 Å². The Morgan fingerprint density at radius 1 is 1.43 bits per heavy atom. The summed E-state index contributed by atoms with van der Waals surface area (Å²) < 4.78 is 4.87. The van der Waals surface area contributed by atoms with E-state index in [1.165, 1.54) is 0 Å². The summed E-state index contributed by atoms with van der Waals surface area (Å²) in [6.45, 7) is -0.214. The summed E-state index contributed by atoms with van der Waals surface area (Å²) in [5.74, 6) is -1.02. The van der Waals surface area contributed by atoms with E-state index in [0.29, 0.717) is 11.1 Å². The van der Waals surface area contributed by atoms with E-state index in [2.05, 4.69) is 0 Å². The van der Waals surface area contributed by atoms with Gasteiger partial charge in [-0.3, -0.25) is 4.79 Å². The van der Waals surface area contributed by atoms with Crippen molar-refractivity contribution in [1.29, 1.82) is 0 Å². The van der Waals surface area contributed by atoms with Crippen LogP contribution >= 0.6 is 0 Å². The molecule has 0 aliphatic rings. The molecule has 4 heteroatoms. The highest BCUT2D eigenvalue weighted by atomic mass is 16.5. The third-order valence-corrected chi connectivity index (χ3v) is 1.67. The predicted molar refractivity (Wildman–Crippen MR) is 49.1 cm³/mol. The van der Waals surface area contributed by atoms with Crippen molar-refractivity contribution in [3.63, 3.8) is 0 Å². The molecule has 14 heavy (non-hydrogen) atoms. The number of benzene rings is 1. The molecule has 4 nitrogen and oxygen atoms in total. The van der Waals surface area contributed by atoms with Crippen LogP contribution in [0.1, 0.15) is 15.9 Å². The van der Waals surface area contributed by atoms with Crippen molar-refractivity contribution in [3.05, 3.63) is 35.4 Å². The van der Waals surface area contributed by atoms with E-state index in [9.17, 15) is 9.59 Å². The molecule has 0 aromatic heterocycles. The van der Waals surface area contributed by atoms with Crippen molar-refractivity contribution in [2.45, 2.75) is 6.61 Å². The molecule has 1 N–H and O–H groups in total. The lowest BCUT2D eigenvalue weighted by Crippen LogP contribution is -2.07. The fourth-order valence-electron chi connectivity index (χ4n) is 1.03. The summed E-state index contributed by atoms with van der Waals surface area (Å²) in [4.78, 5) is 20.7. The van der Waals surface area contributed by atoms with Gasteiger partial charge in [0.1, 0.15) is 12.9 Å². The lowest BCUT2D eigenvalue weighted by atomic mass is 10.1. The number of carboxylic acid groups (broad SMARTS) is 1. The van der Waals surface area contributed by atoms with Gasteiger partial charge in [0.15, 0.2) is 0 Å². The summed E-state index contributed by atoms with van der Waals surface area (Å²) in [6, 6.07) is 6.90. The molecule has 0 saturated carbocycles. The number of aliphatic carboxylic acids is 1. The first-order valence-corrected chi connectivity index (χ1v) is 4.06. The average molecular weight is 194 g/mol. The first-order valence-electron chi connectivity index (χ1n) is 4.06. The van der Waals surface area contributed by atoms with Crippen LogP contribution in [0.4, 0.5) is 0 Å². The maximum Gasteiger partial charge on any atom is 0.329 e. The highest BCUT2D eigenvalue weighted by Crippen LogP contribution is 2.07. The Bertz CT molecular complexity index is 333. The average Bonchev–Trinajstić information content (AvgIpc) is 2.18. The Hall–Kier alpha value is -1.68. The molecule has 1 rings (SSSR count). The highest BCUT2D eigenvalue weighted by Gasteiger charge is 2.01. The Kier molecular flexibility index (Phi) is 3.82. The SMILES string of the molecule is O=Cc1ccccc1COCC(=O)O. The molecule has 0 aliphatic carbocycles. The van der Waals surface area contributed by atoms with Crippen molar-refractivity contribution in [3.8, 4) is 0 Å². The summed E-state index contributed by atoms with van der Waals surface area (Å²) in [5, 5.41) is 8.32. The fraction of sp³-hybridized carbons (Fsp3) is 0.200. The third-order valence-electron chi connectivity index (χ3n) is 1.67. The number of hydrogen-bond donors (Lipinski definition) is 1. The van der Waals surface area contributed by atoms with Crippen LogP contribution in [-0.4, -0.2) is 24.0 Å². The highest BCUT2D eigenvalue weighted by molar-refractivity contribution is 5.77. The van der Waals surface area contributed by atoms with E-state index >= 15 is 0 Å². The third kappa shape index (κ3) is 2.99. The molecule has 0 heterocycles. The number of aldehydes is 1. The Morgan fingerprint density at radius 2 is 2.14 bits per heavy atom. The van der Waals surface area contributed by atoms with Crippen LogP contribution in [0.3, 0.4) is 0 Å². The molecular weight excluding hydrogens is 184 g/mol. The molecule has 0 saturated heterocycles. The van der Waals surface area contributed by atoms with Gasteiger partial charge in [0.25, 0.3) is 0 Å². The van der Waals surface area contributed by atoms with Crippen molar-refractivity contribution >= 4 is 12.3 Å². The quantitative estimate of drug-likeness (QED) is 0.713. The van der Waals surface area contributed by atoms with Crippen LogP contribution in [0.2, 0.25) is 0 Å². The van der Waals surface area contributed by atoms with E-state index < -0.39 is 5.97 Å². The number of rotatable bonds is 5. The second-order valence-electron chi connectivity index (χ2n) is 2.70. The minimum atomic E-state index is -1.02. The van der Waals surface area contributed by atoms with Gasteiger partial charge in [0, 0.05) is 5.56 Å². The summed E-state index contributed by atoms with van der Waals surface area (Å²) in [6.07, 6.45) is 0.722. The van der Waals surface area contributed by atoms with Crippen molar-refractivity contribution < 1.29 is 19.4 Å². The Labute approximate surface area is 81.1 Å². The van der Waals surface area contributed by atoms with Crippen LogP contribution < -0.4 is 0 Å². The van der Waals surface area contributed by atoms with Gasteiger partial charge >= 0.3 is 5.97 Å². The lowest BCUT2D eigenvalue weighted by molar-refractivity contribution is -0.142. The number of hydrogen-bond acceptors (Lipinski definition) is 3. The largest absolute Gasteiger partial charge is 0.480 e. The molecular formula is C10H10O4. The molecule has 0 unspecified atom stereocenters. The van der Waals surface area contributed by atoms with Crippen LogP contribution in [0, 0.1) is 0 Å². The molecule has 0 radical (unpaired) electrons. The summed E-state index contributed by atoms with van der Waals surface area (Å²) in [7, 11) is 0. The van der Waals surface area contributed by atoms with Gasteiger partial charge in [-0.05, 0) is 5.56 Å². The van der Waals surface area contributed by atoms with Gasteiger partial charge in [0.05, 0.1) is 6.61 Å². The Balaban J connectivity index is 2.57. The minimum absolute atomic E-state index is 0.140. The molecule has 0 amide bonds.